The number of hydrogen-bond donors (Lipinski definition) is 1. The first-order valence-corrected chi connectivity index (χ1v) is 5.81. The summed E-state index contributed by atoms with van der Waals surface area (Å²) in [6.45, 7) is 0. The summed E-state index contributed by atoms with van der Waals surface area (Å²) in [6, 6.07) is 10.2. The van der Waals surface area contributed by atoms with Gasteiger partial charge in [-0.1, -0.05) is 15.9 Å². The van der Waals surface area contributed by atoms with Gasteiger partial charge in [-0.05, 0) is 30.3 Å². The number of nitrogens with zero attached hydrogens (tertiary/aromatic N) is 1. The Labute approximate surface area is 111 Å². The van der Waals surface area contributed by atoms with Gasteiger partial charge in [0.25, 0.3) is 0 Å². The molecule has 0 atom stereocenters. The summed E-state index contributed by atoms with van der Waals surface area (Å²) in [5, 5.41) is 11.7. The lowest BCUT2D eigenvalue weighted by Crippen LogP contribution is -1.96. The second-order valence-electron chi connectivity index (χ2n) is 3.55. The van der Waals surface area contributed by atoms with E-state index in [1.165, 1.54) is 6.07 Å². The highest BCUT2D eigenvalue weighted by Gasteiger charge is 2.07. The van der Waals surface area contributed by atoms with Crippen molar-refractivity contribution in [1.29, 1.82) is 5.26 Å². The van der Waals surface area contributed by atoms with E-state index in [9.17, 15) is 8.78 Å². The van der Waals surface area contributed by atoms with Crippen LogP contribution in [0, 0.1) is 23.0 Å². The minimum absolute atomic E-state index is 0.121. The lowest BCUT2D eigenvalue weighted by molar-refractivity contribution is 0.586. The highest BCUT2D eigenvalue weighted by atomic mass is 79.9. The smallest absolute Gasteiger partial charge is 0.149 e. The third-order valence-corrected chi connectivity index (χ3v) is 2.80. The van der Waals surface area contributed by atoms with E-state index in [0.717, 1.165) is 16.6 Å². The predicted molar refractivity (Wildman–Crippen MR) is 68.5 cm³/mol. The lowest BCUT2D eigenvalue weighted by Gasteiger charge is -2.09. The fourth-order valence-electron chi connectivity index (χ4n) is 1.45. The molecule has 2 aromatic rings. The molecule has 2 aromatic carbocycles. The van der Waals surface area contributed by atoms with Gasteiger partial charge in [0.05, 0.1) is 16.9 Å². The molecule has 18 heavy (non-hydrogen) atoms. The molecule has 90 valence electrons. The molecule has 0 heterocycles. The second kappa shape index (κ2) is 5.15. The first-order chi connectivity index (χ1) is 8.60. The van der Waals surface area contributed by atoms with Crippen LogP contribution in [0.15, 0.2) is 40.9 Å². The van der Waals surface area contributed by atoms with Gasteiger partial charge in [-0.15, -0.1) is 0 Å². The average molecular weight is 309 g/mol. The van der Waals surface area contributed by atoms with E-state index in [2.05, 4.69) is 21.2 Å². The van der Waals surface area contributed by atoms with Gasteiger partial charge in [0.15, 0.2) is 0 Å². The van der Waals surface area contributed by atoms with Gasteiger partial charge in [-0.25, -0.2) is 8.78 Å². The molecule has 1 N–H and O–H groups in total. The van der Waals surface area contributed by atoms with Crippen LogP contribution >= 0.6 is 15.9 Å². The quantitative estimate of drug-likeness (QED) is 0.895. The minimum atomic E-state index is -0.707. The molecule has 2 rings (SSSR count). The second-order valence-corrected chi connectivity index (χ2v) is 4.47. The van der Waals surface area contributed by atoms with E-state index in [1.807, 2.05) is 6.07 Å². The van der Waals surface area contributed by atoms with Crippen LogP contribution in [-0.4, -0.2) is 0 Å². The third-order valence-electron chi connectivity index (χ3n) is 2.30. The maximum atomic E-state index is 13.5. The van der Waals surface area contributed by atoms with Gasteiger partial charge in [0, 0.05) is 10.5 Å². The molecule has 0 bridgehead atoms. The number of anilines is 2. The Hall–Kier alpha value is -1.93. The van der Waals surface area contributed by atoms with Gasteiger partial charge < -0.3 is 5.32 Å². The van der Waals surface area contributed by atoms with Crippen molar-refractivity contribution in [2.24, 2.45) is 0 Å². The number of benzene rings is 2. The van der Waals surface area contributed by atoms with Gasteiger partial charge in [-0.3, -0.25) is 0 Å². The molecular weight excluding hydrogens is 302 g/mol. The average Bonchev–Trinajstić information content (AvgIpc) is 2.34. The summed E-state index contributed by atoms with van der Waals surface area (Å²) >= 11 is 3.24. The van der Waals surface area contributed by atoms with Crippen molar-refractivity contribution in [1.82, 2.24) is 0 Å². The van der Waals surface area contributed by atoms with E-state index in [1.54, 1.807) is 18.2 Å². The molecule has 0 amide bonds. The summed E-state index contributed by atoms with van der Waals surface area (Å²) in [5.74, 6) is -1.35. The molecule has 0 radical (unpaired) electrons. The van der Waals surface area contributed by atoms with Gasteiger partial charge in [0.1, 0.15) is 17.7 Å². The van der Waals surface area contributed by atoms with Crippen LogP contribution in [0.25, 0.3) is 0 Å². The monoisotopic (exact) mass is 308 g/mol. The van der Waals surface area contributed by atoms with Crippen molar-refractivity contribution in [2.75, 3.05) is 5.32 Å². The van der Waals surface area contributed by atoms with Crippen molar-refractivity contribution in [3.8, 4) is 6.07 Å². The van der Waals surface area contributed by atoms with Crippen LogP contribution in [0.2, 0.25) is 0 Å². The third kappa shape index (κ3) is 2.66. The fourth-order valence-corrected chi connectivity index (χ4v) is 1.81. The first kappa shape index (κ1) is 12.5. The first-order valence-electron chi connectivity index (χ1n) is 5.02. The fraction of sp³-hybridized carbons (Fsp3) is 0. The van der Waals surface area contributed by atoms with Crippen molar-refractivity contribution < 1.29 is 8.78 Å². The summed E-state index contributed by atoms with van der Waals surface area (Å²) in [4.78, 5) is 0. The largest absolute Gasteiger partial charge is 0.352 e. The zero-order valence-corrected chi connectivity index (χ0v) is 10.6. The van der Waals surface area contributed by atoms with Gasteiger partial charge in [-0.2, -0.15) is 5.26 Å². The van der Waals surface area contributed by atoms with E-state index in [0.29, 0.717) is 11.3 Å². The number of rotatable bonds is 2. The SMILES string of the molecule is N#Cc1cc(Br)ccc1Nc1ccc(F)cc1F. The standard InChI is InChI=1S/C13H7BrF2N2/c14-9-1-3-12(8(5-9)7-17)18-13-4-2-10(15)6-11(13)16/h1-6,18H. The molecule has 0 unspecified atom stereocenters. The molecule has 0 aliphatic rings. The number of nitriles is 1. The van der Waals surface area contributed by atoms with Crippen molar-refractivity contribution in [2.45, 2.75) is 0 Å². The van der Waals surface area contributed by atoms with Gasteiger partial charge >= 0.3 is 0 Å². The highest BCUT2D eigenvalue weighted by molar-refractivity contribution is 9.10. The highest BCUT2D eigenvalue weighted by Crippen LogP contribution is 2.25. The number of halogens is 3. The Morgan fingerprint density at radius 1 is 1.06 bits per heavy atom. The summed E-state index contributed by atoms with van der Waals surface area (Å²) in [7, 11) is 0. The lowest BCUT2D eigenvalue weighted by atomic mass is 10.2. The Kier molecular flexibility index (Phi) is 3.58. The Bertz CT molecular complexity index is 635. The summed E-state index contributed by atoms with van der Waals surface area (Å²) in [6.07, 6.45) is 0. The Morgan fingerprint density at radius 2 is 1.78 bits per heavy atom. The molecule has 0 saturated carbocycles. The van der Waals surface area contributed by atoms with Crippen molar-refractivity contribution in [3.63, 3.8) is 0 Å². The number of hydrogen-bond acceptors (Lipinski definition) is 2. The van der Waals surface area contributed by atoms with E-state index >= 15 is 0 Å². The van der Waals surface area contributed by atoms with E-state index in [4.69, 9.17) is 5.26 Å². The minimum Gasteiger partial charge on any atom is -0.352 e. The molecule has 5 heteroatoms. The molecule has 2 nitrogen and oxygen atoms in total. The summed E-state index contributed by atoms with van der Waals surface area (Å²) in [5.41, 5.74) is 0.953. The molecule has 0 aliphatic heterocycles. The summed E-state index contributed by atoms with van der Waals surface area (Å²) < 4.78 is 27.0. The topological polar surface area (TPSA) is 35.8 Å². The van der Waals surface area contributed by atoms with E-state index < -0.39 is 11.6 Å². The Balaban J connectivity index is 2.37. The molecule has 0 saturated heterocycles. The van der Waals surface area contributed by atoms with Crippen LogP contribution in [0.5, 0.6) is 0 Å². The number of nitrogens with one attached hydrogen (secondary N) is 1. The normalized spacial score (nSPS) is 9.89. The van der Waals surface area contributed by atoms with Crippen molar-refractivity contribution in [3.05, 3.63) is 58.1 Å². The van der Waals surface area contributed by atoms with Crippen LogP contribution in [0.1, 0.15) is 5.56 Å². The van der Waals surface area contributed by atoms with Crippen LogP contribution in [0.4, 0.5) is 20.2 Å². The Morgan fingerprint density at radius 3 is 2.44 bits per heavy atom. The maximum Gasteiger partial charge on any atom is 0.149 e. The van der Waals surface area contributed by atoms with Gasteiger partial charge in [0.2, 0.25) is 0 Å². The predicted octanol–water partition coefficient (Wildman–Crippen LogP) is 4.34. The molecule has 0 aromatic heterocycles. The zero-order chi connectivity index (χ0) is 13.1. The van der Waals surface area contributed by atoms with Crippen LogP contribution in [-0.2, 0) is 0 Å². The van der Waals surface area contributed by atoms with Crippen molar-refractivity contribution >= 4 is 27.3 Å². The van der Waals surface area contributed by atoms with Crippen LogP contribution < -0.4 is 5.32 Å². The maximum absolute atomic E-state index is 13.5. The molecule has 0 aliphatic carbocycles. The molecule has 0 fully saturated rings. The molecule has 0 spiro atoms. The molecular formula is C13H7BrF2N2. The zero-order valence-electron chi connectivity index (χ0n) is 9.05. The van der Waals surface area contributed by atoms with E-state index in [-0.39, 0.29) is 5.69 Å². The van der Waals surface area contributed by atoms with Crippen LogP contribution in [0.3, 0.4) is 0 Å².